The van der Waals surface area contributed by atoms with Crippen molar-refractivity contribution in [3.8, 4) is 0 Å². The molecule has 1 heterocycles. The number of nitro benzene ring substituents is 1. The SMILES string of the molecule is Cc1ccc(C(=O)Nc2ccc3oc(Cc4ccccc4)nc3c2)cc1[N+](=O)[O-]. The predicted octanol–water partition coefficient (Wildman–Crippen LogP) is 4.89. The van der Waals surface area contributed by atoms with E-state index in [2.05, 4.69) is 10.3 Å². The van der Waals surface area contributed by atoms with Gasteiger partial charge < -0.3 is 9.73 Å². The molecule has 3 aromatic carbocycles. The fraction of sp³-hybridized carbons (Fsp3) is 0.0909. The van der Waals surface area contributed by atoms with Crippen LogP contribution in [0.25, 0.3) is 11.1 Å². The summed E-state index contributed by atoms with van der Waals surface area (Å²) in [7, 11) is 0. The zero-order valence-corrected chi connectivity index (χ0v) is 15.6. The lowest BCUT2D eigenvalue weighted by atomic mass is 10.1. The number of amides is 1. The number of fused-ring (bicyclic) bond motifs is 1. The molecule has 0 aliphatic rings. The fourth-order valence-corrected chi connectivity index (χ4v) is 3.05. The topological polar surface area (TPSA) is 98.3 Å². The number of nitrogens with zero attached hydrogens (tertiary/aromatic N) is 2. The summed E-state index contributed by atoms with van der Waals surface area (Å²) in [6.07, 6.45) is 0.574. The molecule has 1 aromatic heterocycles. The van der Waals surface area contributed by atoms with Crippen LogP contribution in [-0.4, -0.2) is 15.8 Å². The smallest absolute Gasteiger partial charge is 0.273 e. The number of rotatable bonds is 5. The van der Waals surface area contributed by atoms with Crippen LogP contribution < -0.4 is 5.32 Å². The Kier molecular flexibility index (Phi) is 4.78. The average Bonchev–Trinajstić information content (AvgIpc) is 3.10. The van der Waals surface area contributed by atoms with E-state index in [0.717, 1.165) is 5.56 Å². The Morgan fingerprint density at radius 1 is 1.10 bits per heavy atom. The number of hydrogen-bond donors (Lipinski definition) is 1. The third-order valence-electron chi connectivity index (χ3n) is 4.56. The van der Waals surface area contributed by atoms with Gasteiger partial charge in [0.1, 0.15) is 5.52 Å². The summed E-state index contributed by atoms with van der Waals surface area (Å²) in [5, 5.41) is 13.8. The Morgan fingerprint density at radius 3 is 2.66 bits per heavy atom. The van der Waals surface area contributed by atoms with E-state index in [0.29, 0.717) is 34.7 Å². The number of aryl methyl sites for hydroxylation is 1. The predicted molar refractivity (Wildman–Crippen MR) is 109 cm³/mol. The Bertz CT molecular complexity index is 1220. The number of oxazole rings is 1. The summed E-state index contributed by atoms with van der Waals surface area (Å²) in [6.45, 7) is 1.63. The molecule has 0 radical (unpaired) electrons. The van der Waals surface area contributed by atoms with Gasteiger partial charge >= 0.3 is 0 Å². The second kappa shape index (κ2) is 7.55. The van der Waals surface area contributed by atoms with E-state index in [1.165, 1.54) is 6.07 Å². The normalized spacial score (nSPS) is 10.8. The zero-order valence-electron chi connectivity index (χ0n) is 15.6. The second-order valence-electron chi connectivity index (χ2n) is 6.66. The molecular weight excluding hydrogens is 370 g/mol. The van der Waals surface area contributed by atoms with E-state index >= 15 is 0 Å². The maximum Gasteiger partial charge on any atom is 0.273 e. The van der Waals surface area contributed by atoms with E-state index in [-0.39, 0.29) is 11.3 Å². The number of hydrogen-bond acceptors (Lipinski definition) is 5. The molecule has 7 nitrogen and oxygen atoms in total. The fourth-order valence-electron chi connectivity index (χ4n) is 3.05. The van der Waals surface area contributed by atoms with Gasteiger partial charge in [-0.25, -0.2) is 4.98 Å². The molecule has 0 aliphatic heterocycles. The molecule has 29 heavy (non-hydrogen) atoms. The van der Waals surface area contributed by atoms with Crippen LogP contribution in [0, 0.1) is 17.0 Å². The summed E-state index contributed by atoms with van der Waals surface area (Å²) in [5.41, 5.74) is 3.51. The monoisotopic (exact) mass is 387 g/mol. The average molecular weight is 387 g/mol. The Morgan fingerprint density at radius 2 is 1.90 bits per heavy atom. The summed E-state index contributed by atoms with van der Waals surface area (Å²) in [4.78, 5) is 27.6. The third-order valence-corrected chi connectivity index (χ3v) is 4.56. The van der Waals surface area contributed by atoms with Gasteiger partial charge in [-0.05, 0) is 36.8 Å². The first-order chi connectivity index (χ1) is 14.0. The standard InChI is InChI=1S/C22H17N3O4/c1-14-7-8-16(12-19(14)25(27)28)22(26)23-17-9-10-20-18(13-17)24-21(29-20)11-15-5-3-2-4-6-15/h2-10,12-13H,11H2,1H3,(H,23,26). The molecule has 0 saturated carbocycles. The lowest BCUT2D eigenvalue weighted by molar-refractivity contribution is -0.385. The highest BCUT2D eigenvalue weighted by Crippen LogP contribution is 2.23. The first-order valence-electron chi connectivity index (χ1n) is 8.99. The molecule has 4 aromatic rings. The number of nitro groups is 1. The molecule has 0 bridgehead atoms. The molecular formula is C22H17N3O4. The van der Waals surface area contributed by atoms with Crippen molar-refractivity contribution in [2.45, 2.75) is 13.3 Å². The highest BCUT2D eigenvalue weighted by atomic mass is 16.6. The van der Waals surface area contributed by atoms with Crippen LogP contribution in [-0.2, 0) is 6.42 Å². The number of carbonyl (C=O) groups excluding carboxylic acids is 1. The van der Waals surface area contributed by atoms with Crippen LogP contribution in [0.15, 0.2) is 71.1 Å². The highest BCUT2D eigenvalue weighted by Gasteiger charge is 2.16. The van der Waals surface area contributed by atoms with Crippen LogP contribution in [0.5, 0.6) is 0 Å². The van der Waals surface area contributed by atoms with Crippen molar-refractivity contribution in [3.63, 3.8) is 0 Å². The van der Waals surface area contributed by atoms with Gasteiger partial charge in [0.25, 0.3) is 11.6 Å². The van der Waals surface area contributed by atoms with Crippen molar-refractivity contribution in [1.82, 2.24) is 4.98 Å². The quantitative estimate of drug-likeness (QED) is 0.388. The number of carbonyl (C=O) groups is 1. The number of aromatic nitrogens is 1. The maximum absolute atomic E-state index is 12.5. The molecule has 0 spiro atoms. The highest BCUT2D eigenvalue weighted by molar-refractivity contribution is 6.05. The van der Waals surface area contributed by atoms with E-state index < -0.39 is 10.8 Å². The molecule has 0 unspecified atom stereocenters. The van der Waals surface area contributed by atoms with Gasteiger partial charge in [0, 0.05) is 29.3 Å². The van der Waals surface area contributed by atoms with Crippen molar-refractivity contribution in [1.29, 1.82) is 0 Å². The summed E-state index contributed by atoms with van der Waals surface area (Å²) < 4.78 is 5.77. The van der Waals surface area contributed by atoms with Crippen molar-refractivity contribution >= 4 is 28.4 Å². The molecule has 7 heteroatoms. The second-order valence-corrected chi connectivity index (χ2v) is 6.66. The van der Waals surface area contributed by atoms with E-state index in [4.69, 9.17) is 4.42 Å². The molecule has 1 N–H and O–H groups in total. The minimum absolute atomic E-state index is 0.0878. The molecule has 0 atom stereocenters. The van der Waals surface area contributed by atoms with Crippen LogP contribution in [0.2, 0.25) is 0 Å². The largest absolute Gasteiger partial charge is 0.440 e. The number of nitrogens with one attached hydrogen (secondary N) is 1. The first-order valence-corrected chi connectivity index (χ1v) is 8.99. The van der Waals surface area contributed by atoms with E-state index in [9.17, 15) is 14.9 Å². The van der Waals surface area contributed by atoms with Crippen molar-refractivity contribution in [3.05, 3.63) is 99.4 Å². The zero-order chi connectivity index (χ0) is 20.4. The molecule has 0 aliphatic carbocycles. The molecule has 4 rings (SSSR count). The molecule has 1 amide bonds. The minimum atomic E-state index is -0.498. The lowest BCUT2D eigenvalue weighted by Crippen LogP contribution is -2.12. The minimum Gasteiger partial charge on any atom is -0.440 e. The van der Waals surface area contributed by atoms with Crippen LogP contribution in [0.3, 0.4) is 0 Å². The van der Waals surface area contributed by atoms with Gasteiger partial charge in [0.15, 0.2) is 11.5 Å². The molecule has 0 saturated heterocycles. The van der Waals surface area contributed by atoms with Crippen LogP contribution >= 0.6 is 0 Å². The lowest BCUT2D eigenvalue weighted by Gasteiger charge is -2.06. The van der Waals surface area contributed by atoms with Gasteiger partial charge in [-0.2, -0.15) is 0 Å². The Labute approximate surface area is 166 Å². The summed E-state index contributed by atoms with van der Waals surface area (Å²) in [5.74, 6) is 0.157. The summed E-state index contributed by atoms with van der Waals surface area (Å²) in [6, 6.07) is 19.4. The Balaban J connectivity index is 1.54. The summed E-state index contributed by atoms with van der Waals surface area (Å²) >= 11 is 0. The maximum atomic E-state index is 12.5. The van der Waals surface area contributed by atoms with Gasteiger partial charge in [-0.3, -0.25) is 14.9 Å². The van der Waals surface area contributed by atoms with Gasteiger partial charge in [0.2, 0.25) is 0 Å². The van der Waals surface area contributed by atoms with Gasteiger partial charge in [0.05, 0.1) is 4.92 Å². The van der Waals surface area contributed by atoms with E-state index in [1.54, 1.807) is 37.3 Å². The third kappa shape index (κ3) is 3.98. The van der Waals surface area contributed by atoms with Gasteiger partial charge in [-0.1, -0.05) is 36.4 Å². The van der Waals surface area contributed by atoms with Crippen molar-refractivity contribution in [2.24, 2.45) is 0 Å². The number of anilines is 1. The molecule has 0 fully saturated rings. The van der Waals surface area contributed by atoms with Gasteiger partial charge in [-0.15, -0.1) is 0 Å². The number of benzene rings is 3. The van der Waals surface area contributed by atoms with Crippen molar-refractivity contribution in [2.75, 3.05) is 5.32 Å². The van der Waals surface area contributed by atoms with Crippen molar-refractivity contribution < 1.29 is 14.1 Å². The van der Waals surface area contributed by atoms with E-state index in [1.807, 2.05) is 30.3 Å². The van der Waals surface area contributed by atoms with Crippen LogP contribution in [0.1, 0.15) is 27.4 Å². The van der Waals surface area contributed by atoms with Crippen LogP contribution in [0.4, 0.5) is 11.4 Å². The Hall–Kier alpha value is -4.00. The first kappa shape index (κ1) is 18.4. The molecule has 144 valence electrons.